The third-order valence-corrected chi connectivity index (χ3v) is 4.93. The van der Waals surface area contributed by atoms with Crippen LogP contribution in [0.4, 0.5) is 4.39 Å². The molecule has 8 heteroatoms. The van der Waals surface area contributed by atoms with Gasteiger partial charge in [0, 0.05) is 25.2 Å². The van der Waals surface area contributed by atoms with E-state index >= 15 is 0 Å². The van der Waals surface area contributed by atoms with Crippen molar-refractivity contribution in [3.8, 4) is 0 Å². The summed E-state index contributed by atoms with van der Waals surface area (Å²) in [5, 5.41) is 18.8. The van der Waals surface area contributed by atoms with Crippen LogP contribution < -0.4 is 5.73 Å². The number of rotatable bonds is 3. The molecule has 2 atom stereocenters. The number of nitrogens with two attached hydrogens (primary N) is 1. The molecular weight excluding hydrogens is 275 g/mol. The number of hydrogen-bond donors (Lipinski definition) is 3. The van der Waals surface area contributed by atoms with Gasteiger partial charge in [-0.2, -0.15) is 4.31 Å². The average Bonchev–Trinajstić information content (AvgIpc) is 2.70. The van der Waals surface area contributed by atoms with Crippen LogP contribution >= 0.6 is 0 Å². The van der Waals surface area contributed by atoms with Gasteiger partial charge in [-0.05, 0) is 18.2 Å². The zero-order valence-electron chi connectivity index (χ0n) is 10.0. The van der Waals surface area contributed by atoms with E-state index in [9.17, 15) is 23.0 Å². The maximum absolute atomic E-state index is 13.3. The molecule has 0 saturated carbocycles. The highest BCUT2D eigenvalue weighted by Crippen LogP contribution is 2.23. The minimum atomic E-state index is -3.86. The van der Waals surface area contributed by atoms with Gasteiger partial charge in [-0.1, -0.05) is 0 Å². The van der Waals surface area contributed by atoms with Crippen molar-refractivity contribution in [1.29, 1.82) is 0 Å². The molecule has 0 aromatic heterocycles. The Kier molecular flexibility index (Phi) is 3.88. The van der Waals surface area contributed by atoms with Crippen LogP contribution in [0, 0.1) is 5.82 Å². The molecule has 2 unspecified atom stereocenters. The molecule has 0 amide bonds. The molecule has 106 valence electrons. The summed E-state index contributed by atoms with van der Waals surface area (Å²) < 4.78 is 38.8. The monoisotopic (exact) mass is 290 g/mol. The molecule has 1 aromatic rings. The molecule has 4 N–H and O–H groups in total. The zero-order valence-corrected chi connectivity index (χ0v) is 10.8. The van der Waals surface area contributed by atoms with Crippen LogP contribution in [0.15, 0.2) is 23.1 Å². The van der Waals surface area contributed by atoms with E-state index in [1.807, 2.05) is 0 Å². The summed E-state index contributed by atoms with van der Waals surface area (Å²) in [6.45, 7) is -0.474. The van der Waals surface area contributed by atoms with Gasteiger partial charge in [-0.3, -0.25) is 0 Å². The third-order valence-electron chi connectivity index (χ3n) is 3.10. The van der Waals surface area contributed by atoms with Crippen LogP contribution in [0.25, 0.3) is 0 Å². The summed E-state index contributed by atoms with van der Waals surface area (Å²) in [6, 6.07) is 3.35. The molecule has 19 heavy (non-hydrogen) atoms. The molecule has 0 aliphatic carbocycles. The fourth-order valence-electron chi connectivity index (χ4n) is 1.95. The molecule has 1 saturated heterocycles. The van der Waals surface area contributed by atoms with Crippen LogP contribution in [0.3, 0.4) is 0 Å². The van der Waals surface area contributed by atoms with Gasteiger partial charge in [0.15, 0.2) is 0 Å². The minimum Gasteiger partial charge on any atom is -0.389 e. The highest BCUT2D eigenvalue weighted by Gasteiger charge is 2.37. The standard InChI is InChI=1S/C11H15FN2O4S/c12-9-2-1-8(3-7(9)4-13)19(17,18)14-5-10(15)11(16)6-14/h1-3,10-11,15-16H,4-6,13H2. The van der Waals surface area contributed by atoms with Crippen molar-refractivity contribution in [3.05, 3.63) is 29.6 Å². The number of hydrogen-bond acceptors (Lipinski definition) is 5. The maximum Gasteiger partial charge on any atom is 0.243 e. The zero-order chi connectivity index (χ0) is 14.2. The number of β-amino-alcohol motifs (C(OH)–C–C–N with tert-alkyl or cyclic N) is 2. The van der Waals surface area contributed by atoms with Gasteiger partial charge >= 0.3 is 0 Å². The second kappa shape index (κ2) is 5.14. The second-order valence-electron chi connectivity index (χ2n) is 4.41. The molecule has 1 aromatic carbocycles. The van der Waals surface area contributed by atoms with Gasteiger partial charge in [0.25, 0.3) is 0 Å². The first-order valence-corrected chi connectivity index (χ1v) is 7.15. The molecule has 1 aliphatic rings. The van der Waals surface area contributed by atoms with Crippen LogP contribution in [0.5, 0.6) is 0 Å². The Morgan fingerprint density at radius 1 is 1.32 bits per heavy atom. The lowest BCUT2D eigenvalue weighted by Crippen LogP contribution is -2.30. The van der Waals surface area contributed by atoms with Crippen LogP contribution in [-0.4, -0.2) is 48.2 Å². The minimum absolute atomic E-state index is 0.0985. The van der Waals surface area contributed by atoms with Gasteiger partial charge < -0.3 is 15.9 Å². The topological polar surface area (TPSA) is 104 Å². The van der Waals surface area contributed by atoms with Crippen molar-refractivity contribution in [2.45, 2.75) is 23.6 Å². The summed E-state index contributed by atoms with van der Waals surface area (Å²) in [4.78, 5) is -0.101. The van der Waals surface area contributed by atoms with E-state index in [2.05, 4.69) is 0 Å². The van der Waals surface area contributed by atoms with Crippen LogP contribution in [-0.2, 0) is 16.6 Å². The van der Waals surface area contributed by atoms with Crippen LogP contribution in [0.2, 0.25) is 0 Å². The summed E-state index contributed by atoms with van der Waals surface area (Å²) >= 11 is 0. The first kappa shape index (κ1) is 14.4. The molecule has 0 bridgehead atoms. The predicted molar refractivity (Wildman–Crippen MR) is 65.1 cm³/mol. The molecule has 0 radical (unpaired) electrons. The molecule has 2 rings (SSSR count). The Balaban J connectivity index is 2.35. The Morgan fingerprint density at radius 2 is 1.89 bits per heavy atom. The SMILES string of the molecule is NCc1cc(S(=O)(=O)N2CC(O)C(O)C2)ccc1F. The fourth-order valence-corrected chi connectivity index (χ4v) is 3.48. The highest BCUT2D eigenvalue weighted by molar-refractivity contribution is 7.89. The Labute approximate surface area is 110 Å². The van der Waals surface area contributed by atoms with Gasteiger partial charge in [-0.15, -0.1) is 0 Å². The Morgan fingerprint density at radius 3 is 2.42 bits per heavy atom. The second-order valence-corrected chi connectivity index (χ2v) is 6.35. The summed E-state index contributed by atoms with van der Waals surface area (Å²) in [5.74, 6) is -0.567. The first-order chi connectivity index (χ1) is 8.86. The first-order valence-electron chi connectivity index (χ1n) is 5.71. The normalized spacial score (nSPS) is 24.8. The Bertz CT molecular complexity index is 568. The van der Waals surface area contributed by atoms with E-state index in [1.54, 1.807) is 0 Å². The third kappa shape index (κ3) is 2.63. The lowest BCUT2D eigenvalue weighted by Gasteiger charge is -2.16. The van der Waals surface area contributed by atoms with Crippen LogP contribution in [0.1, 0.15) is 5.56 Å². The van der Waals surface area contributed by atoms with E-state index in [4.69, 9.17) is 5.73 Å². The van der Waals surface area contributed by atoms with Gasteiger partial charge in [0.2, 0.25) is 10.0 Å². The number of nitrogens with zero attached hydrogens (tertiary/aromatic N) is 1. The number of aliphatic hydroxyl groups excluding tert-OH is 2. The van der Waals surface area contributed by atoms with Crippen molar-refractivity contribution in [3.63, 3.8) is 0 Å². The van der Waals surface area contributed by atoms with Crippen molar-refractivity contribution in [2.75, 3.05) is 13.1 Å². The summed E-state index contributed by atoms with van der Waals surface area (Å²) in [5.41, 5.74) is 5.43. The fraction of sp³-hybridized carbons (Fsp3) is 0.455. The maximum atomic E-state index is 13.3. The van der Waals surface area contributed by atoms with Crippen molar-refractivity contribution in [2.24, 2.45) is 5.73 Å². The van der Waals surface area contributed by atoms with Gasteiger partial charge in [0.1, 0.15) is 5.82 Å². The molecule has 6 nitrogen and oxygen atoms in total. The predicted octanol–water partition coefficient (Wildman–Crippen LogP) is -0.989. The lowest BCUT2D eigenvalue weighted by molar-refractivity contribution is 0.0572. The highest BCUT2D eigenvalue weighted by atomic mass is 32.2. The van der Waals surface area contributed by atoms with E-state index in [0.29, 0.717) is 0 Å². The summed E-state index contributed by atoms with van der Waals surface area (Å²) in [7, 11) is -3.86. The molecule has 1 fully saturated rings. The van der Waals surface area contributed by atoms with Crippen molar-refractivity contribution < 1.29 is 23.0 Å². The van der Waals surface area contributed by atoms with Gasteiger partial charge in [-0.25, -0.2) is 12.8 Å². The van der Waals surface area contributed by atoms with E-state index in [1.165, 1.54) is 6.07 Å². The van der Waals surface area contributed by atoms with E-state index < -0.39 is 28.0 Å². The number of halogens is 1. The van der Waals surface area contributed by atoms with E-state index in [-0.39, 0.29) is 30.1 Å². The molecule has 0 spiro atoms. The molecular formula is C11H15FN2O4S. The largest absolute Gasteiger partial charge is 0.389 e. The lowest BCUT2D eigenvalue weighted by atomic mass is 10.2. The number of benzene rings is 1. The van der Waals surface area contributed by atoms with Crippen molar-refractivity contribution >= 4 is 10.0 Å². The molecule has 1 heterocycles. The number of sulfonamides is 1. The van der Waals surface area contributed by atoms with E-state index in [0.717, 1.165) is 16.4 Å². The smallest absolute Gasteiger partial charge is 0.243 e. The number of aliphatic hydroxyl groups is 2. The average molecular weight is 290 g/mol. The summed E-state index contributed by atoms with van der Waals surface area (Å²) in [6.07, 6.45) is -2.21. The Hall–Kier alpha value is -1.06. The molecule has 1 aliphatic heterocycles. The van der Waals surface area contributed by atoms with Crippen molar-refractivity contribution in [1.82, 2.24) is 4.31 Å². The van der Waals surface area contributed by atoms with Gasteiger partial charge in [0.05, 0.1) is 17.1 Å². The quantitative estimate of drug-likeness (QED) is 0.663.